The molecule has 2 aromatic rings. The van der Waals surface area contributed by atoms with Crippen molar-refractivity contribution in [2.75, 3.05) is 27.2 Å². The average Bonchev–Trinajstić information content (AvgIpc) is 3.11. The molecular weight excluding hydrogens is 322 g/mol. The predicted molar refractivity (Wildman–Crippen MR) is 98.3 cm³/mol. The summed E-state index contributed by atoms with van der Waals surface area (Å²) in [5.74, 6) is 0. The lowest BCUT2D eigenvalue weighted by molar-refractivity contribution is 0.173. The molecule has 1 heterocycles. The van der Waals surface area contributed by atoms with Gasteiger partial charge in [0.15, 0.2) is 0 Å². The molecule has 0 bridgehead atoms. The zero-order chi connectivity index (χ0) is 17.4. The fraction of sp³-hybridized carbons (Fsp3) is 0.389. The van der Waals surface area contributed by atoms with E-state index in [4.69, 9.17) is 0 Å². The number of carbonyl (C=O) groups excluding carboxylic acids is 1. The number of hydrogen-bond donors (Lipinski definition) is 3. The minimum Gasteiger partial charge on any atom is -0.387 e. The molecule has 130 valence electrons. The number of rotatable bonds is 8. The van der Waals surface area contributed by atoms with E-state index in [1.807, 2.05) is 49.1 Å². The van der Waals surface area contributed by atoms with Crippen molar-refractivity contribution in [1.82, 2.24) is 15.5 Å². The minimum atomic E-state index is -0.670. The van der Waals surface area contributed by atoms with E-state index in [0.29, 0.717) is 6.54 Å². The molecule has 2 amide bonds. The van der Waals surface area contributed by atoms with E-state index in [-0.39, 0.29) is 18.6 Å². The van der Waals surface area contributed by atoms with Crippen molar-refractivity contribution in [2.45, 2.75) is 18.6 Å². The molecule has 2 unspecified atom stereocenters. The van der Waals surface area contributed by atoms with Gasteiger partial charge in [0.1, 0.15) is 0 Å². The lowest BCUT2D eigenvalue weighted by Crippen LogP contribution is -2.45. The van der Waals surface area contributed by atoms with Crippen molar-refractivity contribution in [1.29, 1.82) is 0 Å². The van der Waals surface area contributed by atoms with Crippen LogP contribution in [0.4, 0.5) is 4.79 Å². The number of aliphatic hydroxyl groups excluding tert-OH is 1. The highest BCUT2D eigenvalue weighted by atomic mass is 32.1. The third kappa shape index (κ3) is 5.96. The summed E-state index contributed by atoms with van der Waals surface area (Å²) >= 11 is 1.53. The highest BCUT2D eigenvalue weighted by Gasteiger charge is 2.14. The largest absolute Gasteiger partial charge is 0.387 e. The zero-order valence-electron chi connectivity index (χ0n) is 14.1. The zero-order valence-corrected chi connectivity index (χ0v) is 14.9. The Bertz CT molecular complexity index is 602. The fourth-order valence-electron chi connectivity index (χ4n) is 2.37. The van der Waals surface area contributed by atoms with Gasteiger partial charge in [0.2, 0.25) is 0 Å². The second-order valence-corrected chi connectivity index (χ2v) is 6.75. The SMILES string of the molecule is CN(C)C(CNC(=O)NCC(O)c1ccsc1)Cc1ccccc1. The number of hydrogen-bond acceptors (Lipinski definition) is 4. The molecule has 0 aliphatic carbocycles. The quantitative estimate of drug-likeness (QED) is 0.686. The maximum Gasteiger partial charge on any atom is 0.314 e. The molecule has 1 aromatic carbocycles. The molecule has 0 saturated heterocycles. The van der Waals surface area contributed by atoms with E-state index in [0.717, 1.165) is 12.0 Å². The van der Waals surface area contributed by atoms with Crippen LogP contribution in [-0.2, 0) is 6.42 Å². The topological polar surface area (TPSA) is 64.6 Å². The van der Waals surface area contributed by atoms with Gasteiger partial charge in [-0.3, -0.25) is 0 Å². The Morgan fingerprint density at radius 3 is 2.50 bits per heavy atom. The number of nitrogens with one attached hydrogen (secondary N) is 2. The normalized spacial score (nSPS) is 13.5. The van der Waals surface area contributed by atoms with E-state index in [2.05, 4.69) is 27.7 Å². The lowest BCUT2D eigenvalue weighted by atomic mass is 10.1. The van der Waals surface area contributed by atoms with Gasteiger partial charge in [0.05, 0.1) is 6.10 Å². The number of carbonyl (C=O) groups is 1. The van der Waals surface area contributed by atoms with E-state index in [9.17, 15) is 9.90 Å². The number of nitrogens with zero attached hydrogens (tertiary/aromatic N) is 1. The maximum absolute atomic E-state index is 11.9. The number of likely N-dealkylation sites (N-methyl/N-ethyl adjacent to an activating group) is 1. The number of benzene rings is 1. The lowest BCUT2D eigenvalue weighted by Gasteiger charge is -2.25. The van der Waals surface area contributed by atoms with Crippen LogP contribution < -0.4 is 10.6 Å². The summed E-state index contributed by atoms with van der Waals surface area (Å²) in [6.07, 6.45) is 0.196. The third-order valence-electron chi connectivity index (χ3n) is 3.93. The molecule has 0 aliphatic rings. The molecule has 5 nitrogen and oxygen atoms in total. The second kappa shape index (κ2) is 9.42. The average molecular weight is 347 g/mol. The van der Waals surface area contributed by atoms with Crippen LogP contribution in [0.3, 0.4) is 0 Å². The smallest absolute Gasteiger partial charge is 0.314 e. The number of urea groups is 1. The van der Waals surface area contributed by atoms with Gasteiger partial charge in [0, 0.05) is 19.1 Å². The van der Waals surface area contributed by atoms with Crippen molar-refractivity contribution < 1.29 is 9.90 Å². The molecule has 1 aromatic heterocycles. The summed E-state index contributed by atoms with van der Waals surface area (Å²) in [6, 6.07) is 12.0. The Hall–Kier alpha value is -1.89. The van der Waals surface area contributed by atoms with Crippen molar-refractivity contribution in [2.24, 2.45) is 0 Å². The molecule has 6 heteroatoms. The van der Waals surface area contributed by atoms with Crippen LogP contribution in [0.1, 0.15) is 17.2 Å². The van der Waals surface area contributed by atoms with Crippen LogP contribution in [0.5, 0.6) is 0 Å². The second-order valence-electron chi connectivity index (χ2n) is 5.97. The Morgan fingerprint density at radius 1 is 1.17 bits per heavy atom. The molecule has 0 spiro atoms. The molecule has 0 saturated carbocycles. The molecule has 3 N–H and O–H groups in total. The van der Waals surface area contributed by atoms with Crippen LogP contribution in [0.2, 0.25) is 0 Å². The molecule has 0 aliphatic heterocycles. The fourth-order valence-corrected chi connectivity index (χ4v) is 3.08. The van der Waals surface area contributed by atoms with Crippen LogP contribution in [-0.4, -0.2) is 49.3 Å². The summed E-state index contributed by atoms with van der Waals surface area (Å²) in [5, 5.41) is 19.4. The van der Waals surface area contributed by atoms with Gasteiger partial charge in [-0.25, -0.2) is 4.79 Å². The van der Waals surface area contributed by atoms with Crippen molar-refractivity contribution in [3.8, 4) is 0 Å². The summed E-state index contributed by atoms with van der Waals surface area (Å²) in [4.78, 5) is 14.1. The summed E-state index contributed by atoms with van der Waals surface area (Å²) < 4.78 is 0. The van der Waals surface area contributed by atoms with Crippen LogP contribution in [0, 0.1) is 0 Å². The van der Waals surface area contributed by atoms with Crippen molar-refractivity contribution in [3.05, 3.63) is 58.3 Å². The summed E-state index contributed by atoms with van der Waals surface area (Å²) in [5.41, 5.74) is 2.07. The molecule has 2 rings (SSSR count). The van der Waals surface area contributed by atoms with Gasteiger partial charge in [-0.2, -0.15) is 11.3 Å². The monoisotopic (exact) mass is 347 g/mol. The van der Waals surface area contributed by atoms with Crippen molar-refractivity contribution in [3.63, 3.8) is 0 Å². The summed E-state index contributed by atoms with van der Waals surface area (Å²) in [7, 11) is 4.01. The predicted octanol–water partition coefficient (Wildman–Crippen LogP) is 2.25. The Labute approximate surface area is 147 Å². The summed E-state index contributed by atoms with van der Waals surface area (Å²) in [6.45, 7) is 0.746. The standard InChI is InChI=1S/C18H25N3O2S/c1-21(2)16(10-14-6-4-3-5-7-14)11-19-18(23)20-12-17(22)15-8-9-24-13-15/h3-9,13,16-17,22H,10-12H2,1-2H3,(H2,19,20,23). The molecule has 24 heavy (non-hydrogen) atoms. The first kappa shape index (κ1) is 18.4. The van der Waals surface area contributed by atoms with Crippen molar-refractivity contribution >= 4 is 17.4 Å². The van der Waals surface area contributed by atoms with Gasteiger partial charge in [0.25, 0.3) is 0 Å². The van der Waals surface area contributed by atoms with E-state index < -0.39 is 6.10 Å². The number of amides is 2. The molecule has 0 fully saturated rings. The molecule has 0 radical (unpaired) electrons. The minimum absolute atomic E-state index is 0.202. The van der Waals surface area contributed by atoms with Gasteiger partial charge in [-0.15, -0.1) is 0 Å². The van der Waals surface area contributed by atoms with Crippen LogP contribution in [0.15, 0.2) is 47.2 Å². The number of aliphatic hydroxyl groups is 1. The van der Waals surface area contributed by atoms with Crippen LogP contribution in [0.25, 0.3) is 0 Å². The maximum atomic E-state index is 11.9. The molecular formula is C18H25N3O2S. The first-order valence-corrected chi connectivity index (χ1v) is 8.92. The van der Waals surface area contributed by atoms with Gasteiger partial charge < -0.3 is 20.6 Å². The van der Waals surface area contributed by atoms with Crippen LogP contribution >= 0.6 is 11.3 Å². The first-order chi connectivity index (χ1) is 11.6. The number of thiophene rings is 1. The van der Waals surface area contributed by atoms with E-state index in [1.165, 1.54) is 16.9 Å². The van der Waals surface area contributed by atoms with Gasteiger partial charge >= 0.3 is 6.03 Å². The van der Waals surface area contributed by atoms with E-state index >= 15 is 0 Å². The Balaban J connectivity index is 1.75. The Morgan fingerprint density at radius 2 is 1.88 bits per heavy atom. The van der Waals surface area contributed by atoms with Gasteiger partial charge in [-0.1, -0.05) is 30.3 Å². The third-order valence-corrected chi connectivity index (χ3v) is 4.63. The highest BCUT2D eigenvalue weighted by Crippen LogP contribution is 2.14. The highest BCUT2D eigenvalue weighted by molar-refractivity contribution is 7.07. The molecule has 2 atom stereocenters. The Kier molecular flexibility index (Phi) is 7.24. The first-order valence-electron chi connectivity index (χ1n) is 7.98. The van der Waals surface area contributed by atoms with E-state index in [1.54, 1.807) is 0 Å². The van der Waals surface area contributed by atoms with Gasteiger partial charge in [-0.05, 0) is 48.5 Å².